The fraction of sp³-hybridized carbons (Fsp3) is 0.875. The fourth-order valence-electron chi connectivity index (χ4n) is 0.944. The van der Waals surface area contributed by atoms with Gasteiger partial charge in [-0.05, 0) is 26.9 Å². The average Bonchev–Trinajstić information content (AvgIpc) is 2.11. The molecule has 0 heterocycles. The Bertz CT molecular complexity index is 138. The number of carbonyl (C=O) groups is 1. The van der Waals surface area contributed by atoms with Crippen molar-refractivity contribution < 1.29 is 4.79 Å². The highest BCUT2D eigenvalue weighted by Crippen LogP contribution is 2.02. The van der Waals surface area contributed by atoms with Crippen LogP contribution in [0.5, 0.6) is 0 Å². The molecule has 0 fully saturated rings. The lowest BCUT2D eigenvalue weighted by Crippen LogP contribution is -2.33. The molecule has 0 aromatic rings. The molecular formula is C8H19N3O. The molecule has 0 saturated carbocycles. The number of rotatable bonds is 5. The van der Waals surface area contributed by atoms with Crippen LogP contribution in [0.3, 0.4) is 0 Å². The molecule has 1 unspecified atom stereocenters. The van der Waals surface area contributed by atoms with Gasteiger partial charge < -0.3 is 4.90 Å². The molecule has 1 amide bonds. The van der Waals surface area contributed by atoms with Gasteiger partial charge in [-0.2, -0.15) is 0 Å². The quantitative estimate of drug-likeness (QED) is 0.352. The average molecular weight is 173 g/mol. The number of amides is 1. The maximum absolute atomic E-state index is 10.8. The Balaban J connectivity index is 3.56. The van der Waals surface area contributed by atoms with Crippen molar-refractivity contribution in [3.63, 3.8) is 0 Å². The summed E-state index contributed by atoms with van der Waals surface area (Å²) in [4.78, 5) is 13.0. The number of hydrazine groups is 1. The highest BCUT2D eigenvalue weighted by atomic mass is 16.2. The Morgan fingerprint density at radius 3 is 2.67 bits per heavy atom. The van der Waals surface area contributed by atoms with Crippen LogP contribution in [-0.2, 0) is 4.79 Å². The molecule has 0 aliphatic carbocycles. The molecule has 0 aromatic carbocycles. The third-order valence-electron chi connectivity index (χ3n) is 2.20. The van der Waals surface area contributed by atoms with Gasteiger partial charge in [0.1, 0.15) is 0 Å². The molecule has 0 radical (unpaired) electrons. The molecule has 4 heteroatoms. The van der Waals surface area contributed by atoms with Gasteiger partial charge in [0.15, 0.2) is 0 Å². The summed E-state index contributed by atoms with van der Waals surface area (Å²) in [7, 11) is 2.05. The third kappa shape index (κ3) is 4.31. The van der Waals surface area contributed by atoms with Crippen LogP contribution < -0.4 is 11.3 Å². The highest BCUT2D eigenvalue weighted by molar-refractivity contribution is 5.75. The first-order valence-corrected chi connectivity index (χ1v) is 4.31. The highest BCUT2D eigenvalue weighted by Gasteiger charge is 2.08. The molecule has 1 atom stereocenters. The molecule has 0 aliphatic rings. The van der Waals surface area contributed by atoms with Crippen LogP contribution in [0.2, 0.25) is 0 Å². The van der Waals surface area contributed by atoms with Crippen LogP contribution in [0.4, 0.5) is 0 Å². The van der Waals surface area contributed by atoms with Gasteiger partial charge in [0.05, 0.1) is 0 Å². The van der Waals surface area contributed by atoms with E-state index in [1.54, 1.807) is 0 Å². The van der Waals surface area contributed by atoms with E-state index >= 15 is 0 Å². The van der Waals surface area contributed by atoms with Crippen molar-refractivity contribution in [2.45, 2.75) is 32.7 Å². The van der Waals surface area contributed by atoms with Crippen LogP contribution in [0.25, 0.3) is 0 Å². The summed E-state index contributed by atoms with van der Waals surface area (Å²) in [6, 6.07) is 0.437. The lowest BCUT2D eigenvalue weighted by Gasteiger charge is -2.22. The second-order valence-corrected chi connectivity index (χ2v) is 3.03. The Labute approximate surface area is 74.1 Å². The number of hydrogen-bond donors (Lipinski definition) is 2. The van der Waals surface area contributed by atoms with Crippen LogP contribution in [0, 0.1) is 0 Å². The molecule has 0 aliphatic heterocycles. The Morgan fingerprint density at radius 1 is 1.67 bits per heavy atom. The summed E-state index contributed by atoms with van der Waals surface area (Å²) in [5.41, 5.74) is 2.12. The largest absolute Gasteiger partial charge is 0.304 e. The van der Waals surface area contributed by atoms with E-state index in [0.717, 1.165) is 13.0 Å². The van der Waals surface area contributed by atoms with Gasteiger partial charge in [0.2, 0.25) is 5.91 Å². The van der Waals surface area contributed by atoms with E-state index in [1.165, 1.54) is 0 Å². The topological polar surface area (TPSA) is 58.4 Å². The first-order valence-electron chi connectivity index (χ1n) is 4.31. The predicted molar refractivity (Wildman–Crippen MR) is 49.3 cm³/mol. The fourth-order valence-corrected chi connectivity index (χ4v) is 0.944. The molecule has 0 bridgehead atoms. The monoisotopic (exact) mass is 173 g/mol. The normalized spacial score (nSPS) is 13.1. The molecule has 72 valence electrons. The summed E-state index contributed by atoms with van der Waals surface area (Å²) in [5.74, 6) is 4.86. The molecular weight excluding hydrogens is 154 g/mol. The molecule has 12 heavy (non-hydrogen) atoms. The minimum atomic E-state index is -0.0913. The van der Waals surface area contributed by atoms with Crippen molar-refractivity contribution in [1.29, 1.82) is 0 Å². The van der Waals surface area contributed by atoms with Crippen molar-refractivity contribution in [3.8, 4) is 0 Å². The zero-order chi connectivity index (χ0) is 9.56. The van der Waals surface area contributed by atoms with Gasteiger partial charge >= 0.3 is 0 Å². The first kappa shape index (κ1) is 11.4. The molecule has 0 aromatic heterocycles. The van der Waals surface area contributed by atoms with Crippen molar-refractivity contribution in [2.75, 3.05) is 13.6 Å². The van der Waals surface area contributed by atoms with Crippen molar-refractivity contribution in [3.05, 3.63) is 0 Å². The van der Waals surface area contributed by atoms with Crippen LogP contribution in [0.15, 0.2) is 0 Å². The van der Waals surface area contributed by atoms with Gasteiger partial charge in [-0.1, -0.05) is 6.92 Å². The number of nitrogens with two attached hydrogens (primary N) is 1. The van der Waals surface area contributed by atoms with Gasteiger partial charge in [0, 0.05) is 12.5 Å². The van der Waals surface area contributed by atoms with Crippen LogP contribution in [-0.4, -0.2) is 30.4 Å². The molecule has 0 spiro atoms. The first-order chi connectivity index (χ1) is 5.61. The minimum Gasteiger partial charge on any atom is -0.304 e. The van der Waals surface area contributed by atoms with Gasteiger partial charge in [-0.15, -0.1) is 0 Å². The zero-order valence-corrected chi connectivity index (χ0v) is 8.13. The lowest BCUT2D eigenvalue weighted by molar-refractivity contribution is -0.121. The predicted octanol–water partition coefficient (Wildman–Crippen LogP) is 0.0967. The van der Waals surface area contributed by atoms with Crippen molar-refractivity contribution in [1.82, 2.24) is 10.3 Å². The number of nitrogens with one attached hydrogen (secondary N) is 1. The SMILES string of the molecule is CCN(C)C(C)CCC(=O)NN. The van der Waals surface area contributed by atoms with E-state index in [2.05, 4.69) is 24.2 Å². The second kappa shape index (κ2) is 5.97. The number of carbonyl (C=O) groups excluding carboxylic acids is 1. The lowest BCUT2D eigenvalue weighted by atomic mass is 10.1. The van der Waals surface area contributed by atoms with Crippen LogP contribution >= 0.6 is 0 Å². The Kier molecular flexibility index (Phi) is 5.66. The summed E-state index contributed by atoms with van der Waals surface area (Å²) in [6.45, 7) is 5.21. The number of hydrogen-bond acceptors (Lipinski definition) is 3. The van der Waals surface area contributed by atoms with E-state index in [4.69, 9.17) is 5.84 Å². The maximum Gasteiger partial charge on any atom is 0.233 e. The van der Waals surface area contributed by atoms with Gasteiger partial charge in [0.25, 0.3) is 0 Å². The van der Waals surface area contributed by atoms with E-state index in [-0.39, 0.29) is 5.91 Å². The van der Waals surface area contributed by atoms with E-state index in [1.807, 2.05) is 7.05 Å². The Morgan fingerprint density at radius 2 is 2.25 bits per heavy atom. The zero-order valence-electron chi connectivity index (χ0n) is 8.13. The van der Waals surface area contributed by atoms with Crippen LogP contribution in [0.1, 0.15) is 26.7 Å². The molecule has 3 N–H and O–H groups in total. The number of nitrogens with zero attached hydrogens (tertiary/aromatic N) is 1. The van der Waals surface area contributed by atoms with E-state index in [0.29, 0.717) is 12.5 Å². The summed E-state index contributed by atoms with van der Waals surface area (Å²) in [5, 5.41) is 0. The van der Waals surface area contributed by atoms with Gasteiger partial charge in [-0.25, -0.2) is 5.84 Å². The molecule has 4 nitrogen and oxygen atoms in total. The maximum atomic E-state index is 10.8. The minimum absolute atomic E-state index is 0.0913. The van der Waals surface area contributed by atoms with E-state index < -0.39 is 0 Å². The summed E-state index contributed by atoms with van der Waals surface area (Å²) in [6.07, 6.45) is 1.36. The summed E-state index contributed by atoms with van der Waals surface area (Å²) >= 11 is 0. The smallest absolute Gasteiger partial charge is 0.233 e. The second-order valence-electron chi connectivity index (χ2n) is 3.03. The van der Waals surface area contributed by atoms with Crippen molar-refractivity contribution >= 4 is 5.91 Å². The van der Waals surface area contributed by atoms with Gasteiger partial charge in [-0.3, -0.25) is 10.2 Å². The summed E-state index contributed by atoms with van der Waals surface area (Å²) < 4.78 is 0. The Hall–Kier alpha value is -0.610. The van der Waals surface area contributed by atoms with Crippen molar-refractivity contribution in [2.24, 2.45) is 5.84 Å². The third-order valence-corrected chi connectivity index (χ3v) is 2.20. The standard InChI is InChI=1S/C8H19N3O/c1-4-11(3)7(2)5-6-8(12)10-9/h7H,4-6,9H2,1-3H3,(H,10,12). The molecule has 0 rings (SSSR count). The molecule has 0 saturated heterocycles. The van der Waals surface area contributed by atoms with E-state index in [9.17, 15) is 4.79 Å².